The summed E-state index contributed by atoms with van der Waals surface area (Å²) in [4.78, 5) is 15.7. The first-order chi connectivity index (χ1) is 13.5. The van der Waals surface area contributed by atoms with Crippen LogP contribution < -0.4 is 0 Å². The molecular formula is C22H27N5O. The van der Waals surface area contributed by atoms with Crippen molar-refractivity contribution in [2.45, 2.75) is 45.4 Å². The van der Waals surface area contributed by atoms with Crippen LogP contribution in [0.15, 0.2) is 49.1 Å². The lowest BCUT2D eigenvalue weighted by Crippen LogP contribution is -2.46. The molecule has 0 amide bonds. The van der Waals surface area contributed by atoms with Crippen molar-refractivity contribution in [3.63, 3.8) is 0 Å². The molecule has 1 aromatic carbocycles. The number of imidazole rings is 1. The highest BCUT2D eigenvalue weighted by atomic mass is 16.3. The molecule has 28 heavy (non-hydrogen) atoms. The summed E-state index contributed by atoms with van der Waals surface area (Å²) in [6.45, 7) is 7.20. The summed E-state index contributed by atoms with van der Waals surface area (Å²) < 4.78 is 2.04. The van der Waals surface area contributed by atoms with E-state index in [1.165, 1.54) is 5.56 Å². The Morgan fingerprint density at radius 1 is 1.04 bits per heavy atom. The van der Waals surface area contributed by atoms with E-state index in [4.69, 9.17) is 0 Å². The number of aliphatic hydroxyl groups is 1. The lowest BCUT2D eigenvalue weighted by molar-refractivity contribution is -0.0361. The maximum Gasteiger partial charge on any atom is 0.159 e. The van der Waals surface area contributed by atoms with Gasteiger partial charge in [-0.1, -0.05) is 24.3 Å². The van der Waals surface area contributed by atoms with Crippen LogP contribution in [0.4, 0.5) is 0 Å². The topological polar surface area (TPSA) is 67.1 Å². The van der Waals surface area contributed by atoms with Crippen LogP contribution in [0, 0.1) is 13.8 Å². The van der Waals surface area contributed by atoms with Crippen molar-refractivity contribution >= 4 is 0 Å². The SMILES string of the molecule is Cc1ccccc1-c1ncc(CN2CCC(O)(Cn3ccnc3C)CC2)cn1. The molecule has 1 aliphatic rings. The van der Waals surface area contributed by atoms with Crippen LogP contribution in [-0.2, 0) is 13.1 Å². The zero-order valence-corrected chi connectivity index (χ0v) is 16.5. The van der Waals surface area contributed by atoms with Crippen molar-refractivity contribution in [1.29, 1.82) is 0 Å². The normalized spacial score (nSPS) is 17.0. The minimum Gasteiger partial charge on any atom is -0.388 e. The number of aryl methyl sites for hydroxylation is 2. The van der Waals surface area contributed by atoms with E-state index in [0.717, 1.165) is 55.3 Å². The Hall–Kier alpha value is -2.57. The van der Waals surface area contributed by atoms with Gasteiger partial charge >= 0.3 is 0 Å². The van der Waals surface area contributed by atoms with Gasteiger partial charge in [0.15, 0.2) is 5.82 Å². The number of hydrogen-bond donors (Lipinski definition) is 1. The third kappa shape index (κ3) is 4.13. The molecule has 1 N–H and O–H groups in total. The summed E-state index contributed by atoms with van der Waals surface area (Å²) in [5.41, 5.74) is 2.70. The van der Waals surface area contributed by atoms with Gasteiger partial charge in [0.1, 0.15) is 5.82 Å². The van der Waals surface area contributed by atoms with Crippen molar-refractivity contribution in [3.8, 4) is 11.4 Å². The molecule has 1 aliphatic heterocycles. The molecule has 0 spiro atoms. The smallest absolute Gasteiger partial charge is 0.159 e. The summed E-state index contributed by atoms with van der Waals surface area (Å²) in [5.74, 6) is 1.72. The van der Waals surface area contributed by atoms with Crippen molar-refractivity contribution in [2.24, 2.45) is 0 Å². The molecule has 146 valence electrons. The van der Waals surface area contributed by atoms with Crippen molar-refractivity contribution in [3.05, 3.63) is 66.0 Å². The number of aromatic nitrogens is 4. The minimum atomic E-state index is -0.660. The average molecular weight is 377 g/mol. The molecule has 6 heteroatoms. The van der Waals surface area contributed by atoms with Gasteiger partial charge in [-0.2, -0.15) is 0 Å². The number of piperidine rings is 1. The largest absolute Gasteiger partial charge is 0.388 e. The molecule has 4 rings (SSSR count). The monoisotopic (exact) mass is 377 g/mol. The van der Waals surface area contributed by atoms with E-state index in [0.29, 0.717) is 6.54 Å². The van der Waals surface area contributed by atoms with Crippen LogP contribution in [0.3, 0.4) is 0 Å². The molecule has 0 unspecified atom stereocenters. The van der Waals surface area contributed by atoms with Crippen LogP contribution in [-0.4, -0.2) is 48.2 Å². The number of benzene rings is 1. The lowest BCUT2D eigenvalue weighted by atomic mass is 9.91. The van der Waals surface area contributed by atoms with Gasteiger partial charge < -0.3 is 9.67 Å². The Labute approximate surface area is 165 Å². The standard InChI is InChI=1S/C22H27N5O/c1-17-5-3-4-6-20(17)21-24-13-19(14-25-21)15-26-10-7-22(28,8-11-26)16-27-12-9-23-18(27)2/h3-6,9,12-14,28H,7-8,10-11,15-16H2,1-2H3. The second-order valence-corrected chi connectivity index (χ2v) is 7.83. The molecule has 2 aromatic heterocycles. The molecule has 0 radical (unpaired) electrons. The van der Waals surface area contributed by atoms with E-state index < -0.39 is 5.60 Å². The third-order valence-electron chi connectivity index (χ3n) is 5.67. The number of rotatable bonds is 5. The molecule has 3 heterocycles. The van der Waals surface area contributed by atoms with Crippen molar-refractivity contribution in [1.82, 2.24) is 24.4 Å². The van der Waals surface area contributed by atoms with E-state index in [-0.39, 0.29) is 0 Å². The van der Waals surface area contributed by atoms with Crippen molar-refractivity contribution in [2.75, 3.05) is 13.1 Å². The zero-order valence-electron chi connectivity index (χ0n) is 16.5. The number of hydrogen-bond acceptors (Lipinski definition) is 5. The highest BCUT2D eigenvalue weighted by Crippen LogP contribution is 2.26. The quantitative estimate of drug-likeness (QED) is 0.740. The zero-order chi connectivity index (χ0) is 19.6. The molecule has 6 nitrogen and oxygen atoms in total. The summed E-state index contributed by atoms with van der Waals surface area (Å²) in [6.07, 6.45) is 9.08. The van der Waals surface area contributed by atoms with Gasteiger partial charge in [-0.25, -0.2) is 15.0 Å². The fourth-order valence-corrected chi connectivity index (χ4v) is 3.83. The Kier molecular flexibility index (Phi) is 5.24. The van der Waals surface area contributed by atoms with Crippen LogP contribution in [0.5, 0.6) is 0 Å². The number of nitrogens with zero attached hydrogens (tertiary/aromatic N) is 5. The van der Waals surface area contributed by atoms with Crippen molar-refractivity contribution < 1.29 is 5.11 Å². The predicted octanol–water partition coefficient (Wildman–Crippen LogP) is 2.98. The molecule has 3 aromatic rings. The van der Waals surface area contributed by atoms with Crippen LogP contribution in [0.1, 0.15) is 29.8 Å². The predicted molar refractivity (Wildman–Crippen MR) is 109 cm³/mol. The van der Waals surface area contributed by atoms with E-state index in [2.05, 4.69) is 38.9 Å². The fourth-order valence-electron chi connectivity index (χ4n) is 3.83. The third-order valence-corrected chi connectivity index (χ3v) is 5.67. The van der Waals surface area contributed by atoms with Gasteiger partial charge in [0.05, 0.1) is 12.1 Å². The Balaban J connectivity index is 1.35. The van der Waals surface area contributed by atoms with E-state index >= 15 is 0 Å². The van der Waals surface area contributed by atoms with E-state index in [9.17, 15) is 5.11 Å². The first-order valence-corrected chi connectivity index (χ1v) is 9.82. The van der Waals surface area contributed by atoms with Gasteiger partial charge in [0.2, 0.25) is 0 Å². The second-order valence-electron chi connectivity index (χ2n) is 7.83. The van der Waals surface area contributed by atoms with Crippen LogP contribution >= 0.6 is 0 Å². The molecule has 0 aliphatic carbocycles. The van der Waals surface area contributed by atoms with E-state index in [1.807, 2.05) is 42.2 Å². The maximum atomic E-state index is 10.9. The van der Waals surface area contributed by atoms with Gasteiger partial charge in [-0.3, -0.25) is 4.90 Å². The summed E-state index contributed by atoms with van der Waals surface area (Å²) in [5, 5.41) is 10.9. The minimum absolute atomic E-state index is 0.612. The van der Waals surface area contributed by atoms with Gasteiger partial charge in [0, 0.05) is 55.5 Å². The molecule has 1 fully saturated rings. The summed E-state index contributed by atoms with van der Waals surface area (Å²) in [6, 6.07) is 8.17. The van der Waals surface area contributed by atoms with Crippen LogP contribution in [0.25, 0.3) is 11.4 Å². The lowest BCUT2D eigenvalue weighted by Gasteiger charge is -2.38. The highest BCUT2D eigenvalue weighted by molar-refractivity contribution is 5.59. The Morgan fingerprint density at radius 2 is 1.75 bits per heavy atom. The second kappa shape index (κ2) is 7.81. The molecule has 1 saturated heterocycles. The molecule has 0 bridgehead atoms. The Morgan fingerprint density at radius 3 is 2.39 bits per heavy atom. The van der Waals surface area contributed by atoms with Gasteiger partial charge in [-0.15, -0.1) is 0 Å². The molecule has 0 saturated carbocycles. The average Bonchev–Trinajstić information content (AvgIpc) is 3.09. The first kappa shape index (κ1) is 18.8. The highest BCUT2D eigenvalue weighted by Gasteiger charge is 2.32. The first-order valence-electron chi connectivity index (χ1n) is 9.82. The summed E-state index contributed by atoms with van der Waals surface area (Å²) in [7, 11) is 0. The molecular weight excluding hydrogens is 350 g/mol. The fraction of sp³-hybridized carbons (Fsp3) is 0.409. The van der Waals surface area contributed by atoms with Crippen LogP contribution in [0.2, 0.25) is 0 Å². The number of likely N-dealkylation sites (tertiary alicyclic amines) is 1. The van der Waals surface area contributed by atoms with Gasteiger partial charge in [-0.05, 0) is 32.3 Å². The summed E-state index contributed by atoms with van der Waals surface area (Å²) >= 11 is 0. The van der Waals surface area contributed by atoms with Gasteiger partial charge in [0.25, 0.3) is 0 Å². The Bertz CT molecular complexity index is 926. The molecule has 0 atom stereocenters. The maximum absolute atomic E-state index is 10.9. The van der Waals surface area contributed by atoms with E-state index in [1.54, 1.807) is 6.20 Å².